The lowest BCUT2D eigenvalue weighted by Gasteiger charge is -2.39. The first kappa shape index (κ1) is 16.9. The molecule has 6 nitrogen and oxygen atoms in total. The van der Waals surface area contributed by atoms with Gasteiger partial charge in [0.2, 0.25) is 0 Å². The zero-order valence-corrected chi connectivity index (χ0v) is 11.9. The first-order valence-corrected chi connectivity index (χ1v) is 7.16. The summed E-state index contributed by atoms with van der Waals surface area (Å²) in [7, 11) is 0. The molecule has 1 fully saturated rings. The molecule has 1 unspecified atom stereocenters. The summed E-state index contributed by atoms with van der Waals surface area (Å²) in [5.41, 5.74) is -1.05. The van der Waals surface area contributed by atoms with E-state index in [4.69, 9.17) is 9.84 Å². The summed E-state index contributed by atoms with van der Waals surface area (Å²) < 4.78 is 4.91. The largest absolute Gasteiger partial charge is 0.481 e. The van der Waals surface area contributed by atoms with E-state index in [2.05, 4.69) is 0 Å². The number of carboxylic acids is 1. The van der Waals surface area contributed by atoms with Crippen molar-refractivity contribution in [1.29, 1.82) is 0 Å². The third kappa shape index (κ3) is 4.45. The topological polar surface area (TPSA) is 104 Å². The highest BCUT2D eigenvalue weighted by Gasteiger charge is 2.45. The Morgan fingerprint density at radius 3 is 2.55 bits per heavy atom. The number of hydrogen-bond acceptors (Lipinski definition) is 5. The smallest absolute Gasteiger partial charge is 0.309 e. The Morgan fingerprint density at radius 2 is 2.00 bits per heavy atom. The van der Waals surface area contributed by atoms with Crippen molar-refractivity contribution in [2.75, 3.05) is 13.2 Å². The van der Waals surface area contributed by atoms with E-state index in [-0.39, 0.29) is 19.6 Å². The summed E-state index contributed by atoms with van der Waals surface area (Å²) in [6.07, 6.45) is 2.46. The van der Waals surface area contributed by atoms with Gasteiger partial charge in [0.1, 0.15) is 0 Å². The van der Waals surface area contributed by atoms with Crippen LogP contribution in [-0.2, 0) is 14.3 Å². The van der Waals surface area contributed by atoms with E-state index in [1.54, 1.807) is 6.92 Å². The fraction of sp³-hybridized carbons (Fsp3) is 0.857. The van der Waals surface area contributed by atoms with E-state index in [1.165, 1.54) is 0 Å². The van der Waals surface area contributed by atoms with E-state index < -0.39 is 29.4 Å². The highest BCUT2D eigenvalue weighted by atomic mass is 16.5. The Bertz CT molecular complexity index is 343. The number of carbonyl (C=O) groups excluding carboxylic acids is 1. The van der Waals surface area contributed by atoms with Crippen LogP contribution in [0.2, 0.25) is 0 Å². The normalized spacial score (nSPS) is 29.9. The Hall–Kier alpha value is -1.14. The number of unbranched alkanes of at least 4 members (excludes halogenated alkanes) is 1. The van der Waals surface area contributed by atoms with Gasteiger partial charge in [0, 0.05) is 6.61 Å². The van der Waals surface area contributed by atoms with Crippen molar-refractivity contribution in [2.45, 2.75) is 51.0 Å². The van der Waals surface area contributed by atoms with E-state index in [9.17, 15) is 19.8 Å². The van der Waals surface area contributed by atoms with E-state index in [0.717, 1.165) is 0 Å². The van der Waals surface area contributed by atoms with Crippen LogP contribution >= 0.6 is 0 Å². The minimum absolute atomic E-state index is 0.0594. The van der Waals surface area contributed by atoms with Crippen LogP contribution < -0.4 is 0 Å². The molecule has 0 aromatic heterocycles. The second-order valence-corrected chi connectivity index (χ2v) is 5.45. The van der Waals surface area contributed by atoms with Crippen LogP contribution in [-0.4, -0.2) is 46.1 Å². The van der Waals surface area contributed by atoms with E-state index in [1.807, 2.05) is 0 Å². The minimum Gasteiger partial charge on any atom is -0.481 e. The van der Waals surface area contributed by atoms with E-state index in [0.29, 0.717) is 32.1 Å². The maximum absolute atomic E-state index is 11.8. The third-order valence-electron chi connectivity index (χ3n) is 3.96. The molecule has 116 valence electrons. The second kappa shape index (κ2) is 7.59. The average molecular weight is 288 g/mol. The molecular formula is C14H24O6. The number of carbonyl (C=O) groups is 2. The molecule has 0 heterocycles. The SMILES string of the molecule is CCOC(=O)[C@H]1CCC(O)(CCCCO)C[C@@H]1C(=O)O. The van der Waals surface area contributed by atoms with Crippen LogP contribution in [0, 0.1) is 11.8 Å². The Morgan fingerprint density at radius 1 is 1.30 bits per heavy atom. The molecule has 3 N–H and O–H groups in total. The molecule has 0 spiro atoms. The molecule has 1 rings (SSSR count). The molecule has 0 amide bonds. The van der Waals surface area contributed by atoms with Gasteiger partial charge < -0.3 is 20.1 Å². The standard InChI is InChI=1S/C14H24O6/c1-2-20-13(18)10-5-7-14(19,6-3-4-8-15)9-11(10)12(16)17/h10-11,15,19H,2-9H2,1H3,(H,16,17)/t10-,11-,14?/m0/s1. The van der Waals surface area contributed by atoms with Crippen LogP contribution in [0.25, 0.3) is 0 Å². The maximum Gasteiger partial charge on any atom is 0.309 e. The van der Waals surface area contributed by atoms with Crippen molar-refractivity contribution in [3.8, 4) is 0 Å². The van der Waals surface area contributed by atoms with Gasteiger partial charge in [-0.15, -0.1) is 0 Å². The molecule has 1 aliphatic rings. The predicted octanol–water partition coefficient (Wildman–Crippen LogP) is 0.944. The highest BCUT2D eigenvalue weighted by molar-refractivity contribution is 5.81. The number of aliphatic hydroxyl groups excluding tert-OH is 1. The molecule has 1 aliphatic carbocycles. The first-order valence-electron chi connectivity index (χ1n) is 7.16. The van der Waals surface area contributed by atoms with Crippen molar-refractivity contribution in [2.24, 2.45) is 11.8 Å². The fourth-order valence-electron chi connectivity index (χ4n) is 2.86. The number of aliphatic carboxylic acids is 1. The van der Waals surface area contributed by atoms with Gasteiger partial charge in [-0.25, -0.2) is 0 Å². The van der Waals surface area contributed by atoms with Gasteiger partial charge in [-0.1, -0.05) is 0 Å². The summed E-state index contributed by atoms with van der Waals surface area (Å²) in [4.78, 5) is 23.1. The van der Waals surface area contributed by atoms with Crippen molar-refractivity contribution < 1.29 is 29.6 Å². The summed E-state index contributed by atoms with van der Waals surface area (Å²) in [5, 5.41) is 28.5. The lowest BCUT2D eigenvalue weighted by molar-refractivity contribution is -0.165. The van der Waals surface area contributed by atoms with Gasteiger partial charge in [0.25, 0.3) is 0 Å². The van der Waals surface area contributed by atoms with Gasteiger partial charge in [-0.05, 0) is 45.4 Å². The Labute approximate surface area is 118 Å². The third-order valence-corrected chi connectivity index (χ3v) is 3.96. The van der Waals surface area contributed by atoms with E-state index >= 15 is 0 Å². The van der Waals surface area contributed by atoms with Crippen molar-refractivity contribution >= 4 is 11.9 Å². The number of aliphatic hydroxyl groups is 2. The molecular weight excluding hydrogens is 264 g/mol. The van der Waals surface area contributed by atoms with Crippen LogP contribution in [0.3, 0.4) is 0 Å². The molecule has 1 saturated carbocycles. The van der Waals surface area contributed by atoms with Gasteiger partial charge in [0.15, 0.2) is 0 Å². The van der Waals surface area contributed by atoms with Crippen LogP contribution in [0.5, 0.6) is 0 Å². The zero-order chi connectivity index (χ0) is 15.2. The first-order chi connectivity index (χ1) is 9.43. The highest BCUT2D eigenvalue weighted by Crippen LogP contribution is 2.40. The lowest BCUT2D eigenvalue weighted by atomic mass is 9.70. The molecule has 0 aromatic rings. The molecule has 0 radical (unpaired) electrons. The van der Waals surface area contributed by atoms with Crippen molar-refractivity contribution in [1.82, 2.24) is 0 Å². The predicted molar refractivity (Wildman–Crippen MR) is 71.0 cm³/mol. The molecule has 0 aromatic carbocycles. The molecule has 20 heavy (non-hydrogen) atoms. The van der Waals surface area contributed by atoms with Crippen LogP contribution in [0.15, 0.2) is 0 Å². The summed E-state index contributed by atoms with van der Waals surface area (Å²) in [5.74, 6) is -3.13. The summed E-state index contributed by atoms with van der Waals surface area (Å²) in [6.45, 7) is 1.97. The number of esters is 1. The minimum atomic E-state index is -1.07. The maximum atomic E-state index is 11.8. The molecule has 0 aliphatic heterocycles. The Balaban J connectivity index is 2.69. The van der Waals surface area contributed by atoms with Crippen LogP contribution in [0.1, 0.15) is 45.4 Å². The van der Waals surface area contributed by atoms with Crippen molar-refractivity contribution in [3.63, 3.8) is 0 Å². The monoisotopic (exact) mass is 288 g/mol. The molecule has 0 saturated heterocycles. The average Bonchev–Trinajstić information content (AvgIpc) is 2.39. The van der Waals surface area contributed by atoms with Gasteiger partial charge in [0.05, 0.1) is 24.0 Å². The van der Waals surface area contributed by atoms with Gasteiger partial charge in [-0.3, -0.25) is 9.59 Å². The summed E-state index contributed by atoms with van der Waals surface area (Å²) in [6, 6.07) is 0. The number of carboxylic acid groups (broad SMARTS) is 1. The quantitative estimate of drug-likeness (QED) is 0.476. The zero-order valence-electron chi connectivity index (χ0n) is 11.9. The van der Waals surface area contributed by atoms with Gasteiger partial charge in [-0.2, -0.15) is 0 Å². The summed E-state index contributed by atoms with van der Waals surface area (Å²) >= 11 is 0. The Kier molecular flexibility index (Phi) is 6.42. The lowest BCUT2D eigenvalue weighted by Crippen LogP contribution is -2.45. The fourth-order valence-corrected chi connectivity index (χ4v) is 2.86. The molecule has 6 heteroatoms. The van der Waals surface area contributed by atoms with Crippen LogP contribution in [0.4, 0.5) is 0 Å². The molecule has 0 bridgehead atoms. The number of rotatable bonds is 7. The van der Waals surface area contributed by atoms with Crippen molar-refractivity contribution in [3.05, 3.63) is 0 Å². The number of ether oxygens (including phenoxy) is 1. The molecule has 3 atom stereocenters. The number of hydrogen-bond donors (Lipinski definition) is 3. The second-order valence-electron chi connectivity index (χ2n) is 5.45. The van der Waals surface area contributed by atoms with Gasteiger partial charge >= 0.3 is 11.9 Å².